The first-order chi connectivity index (χ1) is 17.3. The highest BCUT2D eigenvalue weighted by Crippen LogP contribution is 2.47. The van der Waals surface area contributed by atoms with Crippen LogP contribution in [0.1, 0.15) is 0 Å². The lowest BCUT2D eigenvalue weighted by Gasteiger charge is -2.19. The second kappa shape index (κ2) is 8.78. The third-order valence-electron chi connectivity index (χ3n) is 6.12. The molecule has 0 aromatic heterocycles. The molecule has 36 heavy (non-hydrogen) atoms. The molecule has 0 radical (unpaired) electrons. The van der Waals surface area contributed by atoms with Crippen molar-refractivity contribution in [3.63, 3.8) is 0 Å². The highest BCUT2D eigenvalue weighted by molar-refractivity contribution is 6.21. The van der Waals surface area contributed by atoms with E-state index >= 15 is 8.78 Å². The van der Waals surface area contributed by atoms with Crippen LogP contribution in [0.4, 0.5) is 26.3 Å². The molecule has 182 valence electrons. The Labute approximate surface area is 201 Å². The molecule has 8 heteroatoms. The minimum absolute atomic E-state index is 0.0863. The van der Waals surface area contributed by atoms with Gasteiger partial charge in [0.1, 0.15) is 5.75 Å². The van der Waals surface area contributed by atoms with E-state index in [0.29, 0.717) is 22.3 Å². The van der Waals surface area contributed by atoms with Crippen LogP contribution in [-0.2, 0) is 0 Å². The molecule has 0 saturated carbocycles. The van der Waals surface area contributed by atoms with Crippen LogP contribution in [0, 0.1) is 34.9 Å². The minimum Gasteiger partial charge on any atom is -0.497 e. The first-order valence-corrected chi connectivity index (χ1v) is 10.7. The Hall–Kier alpha value is -4.20. The monoisotopic (exact) mass is 498 g/mol. The number of benzene rings is 5. The second-order valence-corrected chi connectivity index (χ2v) is 8.00. The molecule has 0 atom stereocenters. The number of rotatable bonds is 4. The Kier molecular flexibility index (Phi) is 5.74. The van der Waals surface area contributed by atoms with Gasteiger partial charge in [-0.15, -0.1) is 0 Å². The van der Waals surface area contributed by atoms with Gasteiger partial charge in [0.25, 0.3) is 0 Å². The van der Waals surface area contributed by atoms with Crippen LogP contribution in [0.25, 0.3) is 43.8 Å². The molecule has 0 aliphatic rings. The van der Waals surface area contributed by atoms with Gasteiger partial charge in [0, 0.05) is 5.56 Å². The molecular weight excluding hydrogens is 482 g/mol. The lowest BCUT2D eigenvalue weighted by Crippen LogP contribution is -2.05. The van der Waals surface area contributed by atoms with Gasteiger partial charge in [0.15, 0.2) is 29.0 Å². The zero-order chi connectivity index (χ0) is 25.7. The molecule has 5 rings (SSSR count). The van der Waals surface area contributed by atoms with E-state index in [1.165, 1.54) is 13.2 Å². The van der Waals surface area contributed by atoms with Gasteiger partial charge in [-0.05, 0) is 56.9 Å². The Bertz CT molecular complexity index is 1630. The van der Waals surface area contributed by atoms with Gasteiger partial charge in [0.2, 0.25) is 11.6 Å². The molecular formula is C28H16F6O2. The number of halogens is 6. The van der Waals surface area contributed by atoms with Gasteiger partial charge in [0.05, 0.1) is 19.8 Å². The van der Waals surface area contributed by atoms with Gasteiger partial charge in [-0.25, -0.2) is 17.6 Å². The molecule has 5 aromatic rings. The summed E-state index contributed by atoms with van der Waals surface area (Å²) in [6.07, 6.45) is 0. The average molecular weight is 498 g/mol. The molecule has 0 amide bonds. The van der Waals surface area contributed by atoms with Crippen molar-refractivity contribution < 1.29 is 35.8 Å². The quantitative estimate of drug-likeness (QED) is 0.141. The predicted octanol–water partition coefficient (Wildman–Crippen LogP) is 8.18. The standard InChI is InChI=1S/C28H16F6O2/c1-35-14-9-7-13(8-10-14)21-15-5-3-4-6-16(15)22(18-12-20(30)19(29)11-17(18)21)23-24(31)26(33)28(36-2)27(34)25(23)32/h3-12H,1-2H3. The topological polar surface area (TPSA) is 18.5 Å². The summed E-state index contributed by atoms with van der Waals surface area (Å²) in [5.74, 6) is -10.1. The maximum Gasteiger partial charge on any atom is 0.204 e. The van der Waals surface area contributed by atoms with Crippen molar-refractivity contribution in [1.82, 2.24) is 0 Å². The van der Waals surface area contributed by atoms with E-state index in [0.717, 1.165) is 19.2 Å². The van der Waals surface area contributed by atoms with Crippen molar-refractivity contribution in [3.05, 3.63) is 95.6 Å². The number of fused-ring (bicyclic) bond motifs is 2. The Balaban J connectivity index is 2.02. The zero-order valence-corrected chi connectivity index (χ0v) is 18.9. The van der Waals surface area contributed by atoms with Crippen molar-refractivity contribution in [1.29, 1.82) is 0 Å². The first-order valence-electron chi connectivity index (χ1n) is 10.7. The third-order valence-corrected chi connectivity index (χ3v) is 6.12. The number of methoxy groups -OCH3 is 2. The number of hydrogen-bond acceptors (Lipinski definition) is 2. The molecule has 0 aliphatic carbocycles. The molecule has 0 bridgehead atoms. The molecule has 0 unspecified atom stereocenters. The molecule has 0 fully saturated rings. The van der Waals surface area contributed by atoms with E-state index in [9.17, 15) is 17.6 Å². The lowest BCUT2D eigenvalue weighted by molar-refractivity contribution is 0.334. The molecule has 0 heterocycles. The fraction of sp³-hybridized carbons (Fsp3) is 0.0714. The second-order valence-electron chi connectivity index (χ2n) is 8.00. The predicted molar refractivity (Wildman–Crippen MR) is 125 cm³/mol. The SMILES string of the molecule is COc1ccc(-c2c3ccccc3c(-c3c(F)c(F)c(OC)c(F)c3F)c3cc(F)c(F)cc23)cc1. The summed E-state index contributed by atoms with van der Waals surface area (Å²) in [6.45, 7) is 0. The van der Waals surface area contributed by atoms with Crippen LogP contribution in [-0.4, -0.2) is 14.2 Å². The number of ether oxygens (including phenoxy) is 2. The van der Waals surface area contributed by atoms with Crippen LogP contribution >= 0.6 is 0 Å². The van der Waals surface area contributed by atoms with Crippen LogP contribution in [0.5, 0.6) is 11.5 Å². The molecule has 5 aromatic carbocycles. The Morgan fingerprint density at radius 1 is 0.500 bits per heavy atom. The molecule has 0 spiro atoms. The zero-order valence-electron chi connectivity index (χ0n) is 18.9. The maximum atomic E-state index is 15.3. The normalized spacial score (nSPS) is 11.3. The van der Waals surface area contributed by atoms with E-state index in [1.807, 2.05) is 0 Å². The van der Waals surface area contributed by atoms with Crippen molar-refractivity contribution >= 4 is 21.5 Å². The summed E-state index contributed by atoms with van der Waals surface area (Å²) < 4.78 is 98.6. The summed E-state index contributed by atoms with van der Waals surface area (Å²) in [7, 11) is 2.36. The van der Waals surface area contributed by atoms with E-state index in [1.54, 1.807) is 42.5 Å². The average Bonchev–Trinajstić information content (AvgIpc) is 2.89. The van der Waals surface area contributed by atoms with E-state index < -0.39 is 46.2 Å². The maximum absolute atomic E-state index is 15.3. The van der Waals surface area contributed by atoms with E-state index in [-0.39, 0.29) is 21.7 Å². The summed E-state index contributed by atoms with van der Waals surface area (Å²) in [4.78, 5) is 0. The van der Waals surface area contributed by atoms with Gasteiger partial charge in [-0.3, -0.25) is 0 Å². The van der Waals surface area contributed by atoms with Crippen molar-refractivity contribution in [2.45, 2.75) is 0 Å². The Morgan fingerprint density at radius 2 is 1.00 bits per heavy atom. The van der Waals surface area contributed by atoms with E-state index in [4.69, 9.17) is 4.74 Å². The summed E-state index contributed by atoms with van der Waals surface area (Å²) in [6, 6.07) is 14.7. The van der Waals surface area contributed by atoms with E-state index in [2.05, 4.69) is 4.74 Å². The number of hydrogen-bond donors (Lipinski definition) is 0. The van der Waals surface area contributed by atoms with Crippen molar-refractivity contribution in [3.8, 4) is 33.8 Å². The Morgan fingerprint density at radius 3 is 1.50 bits per heavy atom. The fourth-order valence-electron chi connectivity index (χ4n) is 4.52. The van der Waals surface area contributed by atoms with Gasteiger partial charge in [-0.2, -0.15) is 8.78 Å². The fourth-order valence-corrected chi connectivity index (χ4v) is 4.52. The summed E-state index contributed by atoms with van der Waals surface area (Å²) in [5.41, 5.74) is -0.379. The molecule has 0 saturated heterocycles. The molecule has 2 nitrogen and oxygen atoms in total. The highest BCUT2D eigenvalue weighted by atomic mass is 19.2. The van der Waals surface area contributed by atoms with Crippen LogP contribution < -0.4 is 9.47 Å². The minimum atomic E-state index is -1.74. The molecule has 0 N–H and O–H groups in total. The lowest BCUT2D eigenvalue weighted by atomic mass is 9.85. The van der Waals surface area contributed by atoms with Crippen LogP contribution in [0.15, 0.2) is 60.7 Å². The largest absolute Gasteiger partial charge is 0.497 e. The first kappa shape index (κ1) is 23.5. The summed E-state index contributed by atoms with van der Waals surface area (Å²) in [5, 5.41) is 0.513. The van der Waals surface area contributed by atoms with Crippen LogP contribution in [0.3, 0.4) is 0 Å². The smallest absolute Gasteiger partial charge is 0.204 e. The van der Waals surface area contributed by atoms with Gasteiger partial charge >= 0.3 is 0 Å². The summed E-state index contributed by atoms with van der Waals surface area (Å²) >= 11 is 0. The van der Waals surface area contributed by atoms with Crippen LogP contribution in [0.2, 0.25) is 0 Å². The van der Waals surface area contributed by atoms with Crippen molar-refractivity contribution in [2.24, 2.45) is 0 Å². The highest BCUT2D eigenvalue weighted by Gasteiger charge is 2.30. The van der Waals surface area contributed by atoms with Gasteiger partial charge in [-0.1, -0.05) is 36.4 Å². The molecule has 0 aliphatic heterocycles. The van der Waals surface area contributed by atoms with Crippen molar-refractivity contribution in [2.75, 3.05) is 14.2 Å². The van der Waals surface area contributed by atoms with Gasteiger partial charge < -0.3 is 9.47 Å². The third kappa shape index (κ3) is 3.44.